The van der Waals surface area contributed by atoms with Crippen molar-refractivity contribution in [3.05, 3.63) is 151 Å². The molecular formula is C45H31BN2. The lowest BCUT2D eigenvalue weighted by atomic mass is 9.33. The number of aromatic nitrogens is 2. The summed E-state index contributed by atoms with van der Waals surface area (Å²) in [4.78, 5) is 0. The van der Waals surface area contributed by atoms with Crippen LogP contribution in [0.3, 0.4) is 0 Å². The van der Waals surface area contributed by atoms with E-state index >= 15 is 0 Å². The molecule has 48 heavy (non-hydrogen) atoms. The number of para-hydroxylation sites is 2. The van der Waals surface area contributed by atoms with Gasteiger partial charge in [-0.05, 0) is 74.0 Å². The van der Waals surface area contributed by atoms with E-state index in [1.165, 1.54) is 99.2 Å². The Balaban J connectivity index is 1.44. The topological polar surface area (TPSA) is 9.86 Å². The molecule has 2 aliphatic heterocycles. The van der Waals surface area contributed by atoms with E-state index in [0.717, 1.165) is 0 Å². The zero-order valence-electron chi connectivity index (χ0n) is 26.9. The summed E-state index contributed by atoms with van der Waals surface area (Å²) in [7, 11) is 0. The molecular weight excluding hydrogens is 579 g/mol. The van der Waals surface area contributed by atoms with Gasteiger partial charge in [-0.15, -0.1) is 0 Å². The van der Waals surface area contributed by atoms with Crippen LogP contribution in [0.4, 0.5) is 0 Å². The van der Waals surface area contributed by atoms with Crippen LogP contribution in [-0.4, -0.2) is 15.8 Å². The minimum absolute atomic E-state index is 0.0972. The summed E-state index contributed by atoms with van der Waals surface area (Å²) in [6.45, 7) is 4.75. The van der Waals surface area contributed by atoms with Crippen LogP contribution in [0.25, 0.3) is 77.2 Å². The maximum absolute atomic E-state index is 2.65. The Kier molecular flexibility index (Phi) is 5.15. The number of nitrogens with zero attached hydrogens (tertiary/aromatic N) is 2. The van der Waals surface area contributed by atoms with Gasteiger partial charge in [-0.25, -0.2) is 0 Å². The van der Waals surface area contributed by atoms with Crippen LogP contribution >= 0.6 is 0 Å². The fourth-order valence-electron chi connectivity index (χ4n) is 9.07. The van der Waals surface area contributed by atoms with Gasteiger partial charge in [-0.3, -0.25) is 0 Å². The summed E-state index contributed by atoms with van der Waals surface area (Å²) in [6, 6.07) is 54.6. The van der Waals surface area contributed by atoms with Crippen molar-refractivity contribution in [2.24, 2.45) is 0 Å². The molecule has 0 unspecified atom stereocenters. The van der Waals surface area contributed by atoms with Crippen molar-refractivity contribution < 1.29 is 0 Å². The van der Waals surface area contributed by atoms with Crippen LogP contribution in [-0.2, 0) is 0 Å². The molecule has 2 nitrogen and oxygen atoms in total. The second-order valence-corrected chi connectivity index (χ2v) is 13.9. The monoisotopic (exact) mass is 610 g/mol. The van der Waals surface area contributed by atoms with Crippen molar-refractivity contribution in [2.45, 2.75) is 19.8 Å². The van der Waals surface area contributed by atoms with Gasteiger partial charge in [0.05, 0.1) is 16.7 Å². The van der Waals surface area contributed by atoms with Crippen molar-refractivity contribution in [3.8, 4) is 33.8 Å². The fraction of sp³-hybridized carbons (Fsp3) is 0.0667. The predicted molar refractivity (Wildman–Crippen MR) is 205 cm³/mol. The van der Waals surface area contributed by atoms with E-state index in [1.54, 1.807) is 0 Å². The Bertz CT molecular complexity index is 2800. The number of benzene rings is 7. The molecule has 2 aliphatic rings. The zero-order chi connectivity index (χ0) is 31.7. The van der Waals surface area contributed by atoms with E-state index in [1.807, 2.05) is 0 Å². The van der Waals surface area contributed by atoms with Crippen LogP contribution in [0.2, 0.25) is 0 Å². The molecule has 0 aliphatic carbocycles. The Labute approximate surface area is 279 Å². The van der Waals surface area contributed by atoms with Gasteiger partial charge in [-0.2, -0.15) is 0 Å². The van der Waals surface area contributed by atoms with Gasteiger partial charge in [0.15, 0.2) is 0 Å². The molecule has 0 atom stereocenters. The number of fused-ring (bicyclic) bond motifs is 9. The van der Waals surface area contributed by atoms with Gasteiger partial charge in [0.25, 0.3) is 6.71 Å². The second-order valence-electron chi connectivity index (χ2n) is 13.9. The average molecular weight is 611 g/mol. The summed E-state index contributed by atoms with van der Waals surface area (Å²) in [5.74, 6) is 0.373. The summed E-state index contributed by atoms with van der Waals surface area (Å²) in [5.41, 5.74) is 17.2. The van der Waals surface area contributed by atoms with Crippen molar-refractivity contribution in [2.75, 3.05) is 0 Å². The molecule has 224 valence electrons. The summed E-state index contributed by atoms with van der Waals surface area (Å²) in [6.07, 6.45) is 0. The third-order valence-corrected chi connectivity index (χ3v) is 11.0. The molecule has 0 bridgehead atoms. The standard InChI is InChI=1S/C45H31BN2/c1-27(2)31-25-38-42-39(26-31)48-43(29-16-7-4-8-17-29)40(28-14-5-3-6-15-28)35-24-30-18-9-10-19-32(30)41(45(35)48)46(42)36-22-13-21-34-33-20-11-12-23-37(33)47(38)44(34)36/h3-27H,1-2H3. The van der Waals surface area contributed by atoms with Crippen molar-refractivity contribution >= 4 is 66.6 Å². The van der Waals surface area contributed by atoms with E-state index in [2.05, 4.69) is 169 Å². The molecule has 4 heterocycles. The molecule has 2 aromatic heterocycles. The van der Waals surface area contributed by atoms with Crippen molar-refractivity contribution in [1.82, 2.24) is 9.13 Å². The zero-order valence-corrected chi connectivity index (χ0v) is 26.9. The maximum atomic E-state index is 2.65. The quantitative estimate of drug-likeness (QED) is 0.176. The molecule has 11 rings (SSSR count). The van der Waals surface area contributed by atoms with Gasteiger partial charge in [-0.1, -0.05) is 135 Å². The SMILES string of the molecule is CC(C)c1cc2c3c(c1)-n1c4ccccc4c4cccc(c41)B3c1c3ccccc3cc3c(-c4ccccc4)c(-c4ccccc4)n-2c13. The lowest BCUT2D eigenvalue weighted by Crippen LogP contribution is -2.59. The molecule has 0 N–H and O–H groups in total. The predicted octanol–water partition coefficient (Wildman–Crippen LogP) is 9.48. The maximum Gasteiger partial charge on any atom is 0.253 e. The minimum Gasteiger partial charge on any atom is -0.310 e. The van der Waals surface area contributed by atoms with Crippen LogP contribution in [0.5, 0.6) is 0 Å². The molecule has 0 radical (unpaired) electrons. The highest BCUT2D eigenvalue weighted by molar-refractivity contribution is 7.01. The van der Waals surface area contributed by atoms with Crippen LogP contribution < -0.4 is 16.4 Å². The van der Waals surface area contributed by atoms with Gasteiger partial charge in [0.2, 0.25) is 0 Å². The molecule has 0 saturated carbocycles. The molecule has 0 amide bonds. The highest BCUT2D eigenvalue weighted by Crippen LogP contribution is 2.46. The number of hydrogen-bond donors (Lipinski definition) is 0. The highest BCUT2D eigenvalue weighted by Gasteiger charge is 2.43. The third-order valence-electron chi connectivity index (χ3n) is 11.0. The van der Waals surface area contributed by atoms with E-state index in [-0.39, 0.29) is 6.71 Å². The molecule has 0 spiro atoms. The van der Waals surface area contributed by atoms with Crippen LogP contribution in [0.15, 0.2) is 146 Å². The Morgan fingerprint density at radius 2 is 1.15 bits per heavy atom. The van der Waals surface area contributed by atoms with Gasteiger partial charge in [0, 0.05) is 38.6 Å². The lowest BCUT2D eigenvalue weighted by molar-refractivity contribution is 0.862. The van der Waals surface area contributed by atoms with Crippen LogP contribution in [0.1, 0.15) is 25.3 Å². The number of hydrogen-bond acceptors (Lipinski definition) is 0. The Morgan fingerprint density at radius 1 is 0.500 bits per heavy atom. The van der Waals surface area contributed by atoms with Gasteiger partial charge < -0.3 is 9.13 Å². The first-order valence-electron chi connectivity index (χ1n) is 17.1. The molecule has 9 aromatic rings. The molecule has 3 heteroatoms. The molecule has 7 aromatic carbocycles. The third kappa shape index (κ3) is 3.24. The van der Waals surface area contributed by atoms with Crippen molar-refractivity contribution in [1.29, 1.82) is 0 Å². The van der Waals surface area contributed by atoms with Crippen molar-refractivity contribution in [3.63, 3.8) is 0 Å². The Morgan fingerprint density at radius 3 is 1.92 bits per heavy atom. The summed E-state index contributed by atoms with van der Waals surface area (Å²) in [5, 5.41) is 6.58. The second kappa shape index (κ2) is 9.39. The van der Waals surface area contributed by atoms with E-state index in [4.69, 9.17) is 0 Å². The molecule has 0 saturated heterocycles. The first-order chi connectivity index (χ1) is 23.7. The minimum atomic E-state index is 0.0972. The first-order valence-corrected chi connectivity index (χ1v) is 17.1. The number of rotatable bonds is 3. The largest absolute Gasteiger partial charge is 0.310 e. The van der Waals surface area contributed by atoms with Gasteiger partial charge in [0.1, 0.15) is 0 Å². The Hall–Kier alpha value is -5.80. The van der Waals surface area contributed by atoms with E-state index < -0.39 is 0 Å². The summed E-state index contributed by atoms with van der Waals surface area (Å²) < 4.78 is 5.23. The highest BCUT2D eigenvalue weighted by atomic mass is 15.0. The van der Waals surface area contributed by atoms with E-state index in [9.17, 15) is 0 Å². The first kappa shape index (κ1) is 26.3. The average Bonchev–Trinajstić information content (AvgIpc) is 3.66. The van der Waals surface area contributed by atoms with Crippen LogP contribution in [0, 0.1) is 0 Å². The van der Waals surface area contributed by atoms with Gasteiger partial charge >= 0.3 is 0 Å². The normalized spacial score (nSPS) is 12.9. The van der Waals surface area contributed by atoms with E-state index in [0.29, 0.717) is 5.92 Å². The smallest absolute Gasteiger partial charge is 0.253 e. The molecule has 0 fully saturated rings. The fourth-order valence-corrected chi connectivity index (χ4v) is 9.07. The summed E-state index contributed by atoms with van der Waals surface area (Å²) >= 11 is 0. The lowest BCUT2D eigenvalue weighted by Gasteiger charge is -2.35.